The highest BCUT2D eigenvalue weighted by atomic mass is 35.5. The lowest BCUT2D eigenvalue weighted by atomic mass is 10.2. The van der Waals surface area contributed by atoms with Crippen molar-refractivity contribution in [3.63, 3.8) is 0 Å². The van der Waals surface area contributed by atoms with Crippen LogP contribution in [-0.4, -0.2) is 0 Å². The molecule has 0 fully saturated rings. The molecule has 1 unspecified atom stereocenters. The third-order valence-electron chi connectivity index (χ3n) is 1.48. The van der Waals surface area contributed by atoms with E-state index >= 15 is 0 Å². The van der Waals surface area contributed by atoms with Gasteiger partial charge in [-0.1, -0.05) is 29.3 Å². The largest absolute Gasteiger partial charge is 0.311 e. The Kier molecular flexibility index (Phi) is 3.31. The summed E-state index contributed by atoms with van der Waals surface area (Å²) in [5.74, 6) is 5.14. The molecule has 0 aliphatic heterocycles. The molecule has 66 valence electrons. The Morgan fingerprint density at radius 3 is 2.50 bits per heavy atom. The van der Waals surface area contributed by atoms with Gasteiger partial charge in [-0.05, 0) is 12.1 Å². The van der Waals surface area contributed by atoms with E-state index in [1.807, 2.05) is 0 Å². The van der Waals surface area contributed by atoms with Crippen LogP contribution in [0.3, 0.4) is 0 Å². The van der Waals surface area contributed by atoms with E-state index in [0.29, 0.717) is 10.0 Å². The van der Waals surface area contributed by atoms with Gasteiger partial charge >= 0.3 is 0 Å². The van der Waals surface area contributed by atoms with E-state index in [-0.39, 0.29) is 0 Å². The molecule has 1 aromatic rings. The molecule has 0 heterocycles. The fourth-order valence-electron chi connectivity index (χ4n) is 0.844. The summed E-state index contributed by atoms with van der Waals surface area (Å²) in [6.07, 6.45) is -0.463. The molecule has 0 radical (unpaired) electrons. The Bertz CT molecular complexity index is 277. The summed E-state index contributed by atoms with van der Waals surface area (Å²) in [6.45, 7) is 0. The summed E-state index contributed by atoms with van der Waals surface area (Å²) in [5, 5.41) is 1.08. The Balaban J connectivity index is 3.01. The van der Waals surface area contributed by atoms with Gasteiger partial charge in [0.15, 0.2) is 0 Å². The van der Waals surface area contributed by atoms with Gasteiger partial charge in [0.05, 0.1) is 6.17 Å². The van der Waals surface area contributed by atoms with Gasteiger partial charge in [0, 0.05) is 15.6 Å². The molecule has 5 heteroatoms. The smallest absolute Gasteiger partial charge is 0.0950 e. The Hall–Kier alpha value is -0.320. The number of halogens is 2. The van der Waals surface area contributed by atoms with Crippen LogP contribution in [-0.2, 0) is 0 Å². The Morgan fingerprint density at radius 2 is 2.00 bits per heavy atom. The average molecular weight is 206 g/mol. The van der Waals surface area contributed by atoms with Crippen molar-refractivity contribution in [1.82, 2.24) is 5.43 Å². The Labute approximate surface area is 80.6 Å². The third-order valence-corrected chi connectivity index (χ3v) is 2.04. The van der Waals surface area contributed by atoms with Gasteiger partial charge in [-0.2, -0.15) is 0 Å². The highest BCUT2D eigenvalue weighted by Crippen LogP contribution is 2.23. The molecule has 0 aliphatic carbocycles. The van der Waals surface area contributed by atoms with Crippen LogP contribution in [0, 0.1) is 0 Å². The van der Waals surface area contributed by atoms with Gasteiger partial charge < -0.3 is 5.73 Å². The maximum atomic E-state index is 5.84. The van der Waals surface area contributed by atoms with Crippen molar-refractivity contribution in [2.24, 2.45) is 11.6 Å². The first-order chi connectivity index (χ1) is 5.65. The van der Waals surface area contributed by atoms with Crippen molar-refractivity contribution in [2.45, 2.75) is 6.17 Å². The molecule has 0 spiro atoms. The lowest BCUT2D eigenvalue weighted by Crippen LogP contribution is -2.34. The number of nitrogens with one attached hydrogen (secondary N) is 1. The zero-order valence-electron chi connectivity index (χ0n) is 6.22. The van der Waals surface area contributed by atoms with E-state index in [4.69, 9.17) is 34.8 Å². The summed E-state index contributed by atoms with van der Waals surface area (Å²) in [4.78, 5) is 0. The minimum absolute atomic E-state index is 0.463. The molecular formula is C7H9Cl2N3. The van der Waals surface area contributed by atoms with Crippen LogP contribution in [0.2, 0.25) is 10.0 Å². The normalized spacial score (nSPS) is 13.0. The topological polar surface area (TPSA) is 64.1 Å². The lowest BCUT2D eigenvalue weighted by molar-refractivity contribution is 0.577. The lowest BCUT2D eigenvalue weighted by Gasteiger charge is -2.11. The van der Waals surface area contributed by atoms with Crippen molar-refractivity contribution in [1.29, 1.82) is 0 Å². The van der Waals surface area contributed by atoms with Gasteiger partial charge in [-0.3, -0.25) is 5.84 Å². The van der Waals surface area contributed by atoms with E-state index in [0.717, 1.165) is 5.56 Å². The maximum Gasteiger partial charge on any atom is 0.0950 e. The van der Waals surface area contributed by atoms with E-state index < -0.39 is 6.17 Å². The summed E-state index contributed by atoms with van der Waals surface area (Å²) in [7, 11) is 0. The molecule has 12 heavy (non-hydrogen) atoms. The second-order valence-corrected chi connectivity index (χ2v) is 3.15. The highest BCUT2D eigenvalue weighted by Gasteiger charge is 2.07. The van der Waals surface area contributed by atoms with Crippen molar-refractivity contribution in [3.8, 4) is 0 Å². The van der Waals surface area contributed by atoms with Gasteiger partial charge in [0.1, 0.15) is 0 Å². The molecule has 0 amide bonds. The maximum absolute atomic E-state index is 5.84. The molecular weight excluding hydrogens is 197 g/mol. The first-order valence-corrected chi connectivity index (χ1v) is 4.07. The molecule has 0 bridgehead atoms. The minimum Gasteiger partial charge on any atom is -0.311 e. The summed E-state index contributed by atoms with van der Waals surface area (Å²) < 4.78 is 0. The first-order valence-electron chi connectivity index (χ1n) is 3.32. The van der Waals surface area contributed by atoms with Crippen molar-refractivity contribution >= 4 is 23.2 Å². The molecule has 1 atom stereocenters. The van der Waals surface area contributed by atoms with Crippen molar-refractivity contribution < 1.29 is 0 Å². The van der Waals surface area contributed by atoms with E-state index in [1.165, 1.54) is 0 Å². The predicted octanol–water partition coefficient (Wildman–Crippen LogP) is 1.41. The number of hydrazine groups is 1. The number of benzene rings is 1. The molecule has 1 rings (SSSR count). The molecule has 0 aliphatic rings. The summed E-state index contributed by atoms with van der Waals surface area (Å²) in [6, 6.07) is 5.06. The molecule has 0 aromatic heterocycles. The van der Waals surface area contributed by atoms with Crippen LogP contribution in [0.5, 0.6) is 0 Å². The molecule has 0 saturated heterocycles. The minimum atomic E-state index is -0.463. The number of nitrogens with two attached hydrogens (primary N) is 2. The van der Waals surface area contributed by atoms with Crippen LogP contribution >= 0.6 is 23.2 Å². The van der Waals surface area contributed by atoms with Crippen LogP contribution < -0.4 is 17.0 Å². The third kappa shape index (κ3) is 2.09. The fourth-order valence-corrected chi connectivity index (χ4v) is 1.37. The molecule has 3 nitrogen and oxygen atoms in total. The molecule has 5 N–H and O–H groups in total. The summed E-state index contributed by atoms with van der Waals surface area (Å²) in [5.41, 5.74) is 8.70. The van der Waals surface area contributed by atoms with E-state index in [9.17, 15) is 0 Å². The fraction of sp³-hybridized carbons (Fsp3) is 0.143. The predicted molar refractivity (Wildman–Crippen MR) is 50.7 cm³/mol. The number of rotatable bonds is 2. The van der Waals surface area contributed by atoms with Crippen LogP contribution in [0.4, 0.5) is 0 Å². The second-order valence-electron chi connectivity index (χ2n) is 2.31. The van der Waals surface area contributed by atoms with Crippen LogP contribution in [0.1, 0.15) is 11.7 Å². The number of hydrogen-bond acceptors (Lipinski definition) is 3. The highest BCUT2D eigenvalue weighted by molar-refractivity contribution is 6.35. The SMILES string of the molecule is NNC(N)c1ccc(Cl)cc1Cl. The van der Waals surface area contributed by atoms with Gasteiger partial charge in [-0.25, -0.2) is 5.43 Å². The van der Waals surface area contributed by atoms with Crippen LogP contribution in [0.15, 0.2) is 18.2 Å². The quantitative estimate of drug-likeness (QED) is 0.389. The van der Waals surface area contributed by atoms with Gasteiger partial charge in [0.2, 0.25) is 0 Å². The summed E-state index contributed by atoms with van der Waals surface area (Å²) >= 11 is 11.5. The molecule has 0 saturated carbocycles. The van der Waals surface area contributed by atoms with Crippen molar-refractivity contribution in [2.75, 3.05) is 0 Å². The van der Waals surface area contributed by atoms with Gasteiger partial charge in [0.25, 0.3) is 0 Å². The average Bonchev–Trinajstić information content (AvgIpc) is 2.03. The van der Waals surface area contributed by atoms with Crippen molar-refractivity contribution in [3.05, 3.63) is 33.8 Å². The standard InChI is InChI=1S/C7H9Cl2N3/c8-4-1-2-5(6(9)3-4)7(10)12-11/h1-3,7,12H,10-11H2. The van der Waals surface area contributed by atoms with Gasteiger partial charge in [-0.15, -0.1) is 0 Å². The second kappa shape index (κ2) is 4.07. The van der Waals surface area contributed by atoms with Crippen LogP contribution in [0.25, 0.3) is 0 Å². The van der Waals surface area contributed by atoms with E-state index in [2.05, 4.69) is 5.43 Å². The number of hydrogen-bond donors (Lipinski definition) is 3. The zero-order chi connectivity index (χ0) is 9.14. The first kappa shape index (κ1) is 9.77. The van der Waals surface area contributed by atoms with E-state index in [1.54, 1.807) is 18.2 Å². The monoisotopic (exact) mass is 205 g/mol. The molecule has 1 aromatic carbocycles. The zero-order valence-corrected chi connectivity index (χ0v) is 7.73. The Morgan fingerprint density at radius 1 is 1.33 bits per heavy atom.